The van der Waals surface area contributed by atoms with Gasteiger partial charge in [0.05, 0.1) is 13.2 Å². The molecule has 11 atom stereocenters. The molecule has 1 aromatic rings. The Labute approximate surface area is 229 Å². The molecule has 1 aromatic carbocycles. The van der Waals surface area contributed by atoms with Crippen molar-refractivity contribution in [3.8, 4) is 0 Å². The number of ether oxygens (including phenoxy) is 4. The SMILES string of the molecule is CC(=O)NC(Cc1ccccc1)C(=O)OC(C)[C@@]1(OC2(CO)O[C@H](CO)[C@@H](O)[C@@H]2O)O[C@H](CO)[C@@H](O)[C@H](O)[C@H]1O. The molecule has 226 valence electrons. The number of hydrogen-bond acceptors (Lipinski definition) is 14. The summed E-state index contributed by atoms with van der Waals surface area (Å²) in [4.78, 5) is 25.1. The maximum Gasteiger partial charge on any atom is 0.329 e. The van der Waals surface area contributed by atoms with E-state index < -0.39 is 98.1 Å². The summed E-state index contributed by atoms with van der Waals surface area (Å²) in [6.45, 7) is -0.589. The maximum absolute atomic E-state index is 13.3. The van der Waals surface area contributed by atoms with Gasteiger partial charge in [-0.1, -0.05) is 30.3 Å². The van der Waals surface area contributed by atoms with Crippen molar-refractivity contribution in [2.45, 2.75) is 86.7 Å². The number of aliphatic hydroxyl groups is 8. The van der Waals surface area contributed by atoms with Crippen LogP contribution in [0.3, 0.4) is 0 Å². The van der Waals surface area contributed by atoms with E-state index in [0.29, 0.717) is 5.56 Å². The van der Waals surface area contributed by atoms with Crippen molar-refractivity contribution in [3.05, 3.63) is 35.9 Å². The van der Waals surface area contributed by atoms with E-state index in [-0.39, 0.29) is 6.42 Å². The molecule has 0 saturated carbocycles. The van der Waals surface area contributed by atoms with Crippen LogP contribution in [-0.2, 0) is 35.0 Å². The first-order chi connectivity index (χ1) is 18.9. The number of amides is 1. The third-order valence-electron chi connectivity index (χ3n) is 7.02. The van der Waals surface area contributed by atoms with E-state index in [1.165, 1.54) is 6.92 Å². The molecule has 2 aliphatic heterocycles. The lowest BCUT2D eigenvalue weighted by molar-refractivity contribution is -0.450. The normalized spacial score (nSPS) is 37.5. The average molecular weight is 576 g/mol. The van der Waals surface area contributed by atoms with Crippen LogP contribution < -0.4 is 5.32 Å². The second-order valence-electron chi connectivity index (χ2n) is 9.85. The van der Waals surface area contributed by atoms with E-state index in [1.807, 2.05) is 0 Å². The fraction of sp³-hybridized carbons (Fsp3) is 0.680. The minimum Gasteiger partial charge on any atom is -0.455 e. The smallest absolute Gasteiger partial charge is 0.329 e. The minimum atomic E-state index is -2.75. The number of hydrogen-bond donors (Lipinski definition) is 9. The molecule has 0 radical (unpaired) electrons. The summed E-state index contributed by atoms with van der Waals surface area (Å²) in [5.74, 6) is -6.94. The molecule has 2 saturated heterocycles. The Morgan fingerprint density at radius 2 is 1.52 bits per heavy atom. The molecular formula is C25H37NO14. The molecule has 2 fully saturated rings. The Kier molecular flexibility index (Phi) is 10.6. The highest BCUT2D eigenvalue weighted by Gasteiger charge is 2.66. The number of carbonyl (C=O) groups is 2. The summed E-state index contributed by atoms with van der Waals surface area (Å²) >= 11 is 0. The van der Waals surface area contributed by atoms with Crippen molar-refractivity contribution < 1.29 is 69.4 Å². The largest absolute Gasteiger partial charge is 0.455 e. The number of carbonyl (C=O) groups excluding carboxylic acids is 2. The fourth-order valence-corrected chi connectivity index (χ4v) is 4.82. The summed E-state index contributed by atoms with van der Waals surface area (Å²) in [6.07, 6.45) is -14.9. The molecule has 2 aliphatic rings. The lowest BCUT2D eigenvalue weighted by Gasteiger charge is -2.52. The fourth-order valence-electron chi connectivity index (χ4n) is 4.82. The van der Waals surface area contributed by atoms with Gasteiger partial charge in [-0.15, -0.1) is 0 Å². The lowest BCUT2D eigenvalue weighted by Crippen LogP contribution is -2.73. The Hall–Kier alpha value is -2.28. The van der Waals surface area contributed by atoms with Gasteiger partial charge in [0.15, 0.2) is 6.10 Å². The van der Waals surface area contributed by atoms with Crippen molar-refractivity contribution >= 4 is 11.9 Å². The van der Waals surface area contributed by atoms with Crippen LogP contribution in [-0.4, -0.2) is 139 Å². The number of rotatable bonds is 11. The number of benzene rings is 1. The van der Waals surface area contributed by atoms with Gasteiger partial charge in [0.2, 0.25) is 17.5 Å². The zero-order valence-corrected chi connectivity index (χ0v) is 21.9. The molecule has 9 N–H and O–H groups in total. The van der Waals surface area contributed by atoms with Crippen molar-refractivity contribution in [1.82, 2.24) is 5.32 Å². The quantitative estimate of drug-likeness (QED) is 0.113. The molecule has 1 amide bonds. The highest BCUT2D eigenvalue weighted by molar-refractivity contribution is 5.83. The first-order valence-corrected chi connectivity index (χ1v) is 12.7. The number of esters is 1. The van der Waals surface area contributed by atoms with Crippen molar-refractivity contribution in [1.29, 1.82) is 0 Å². The molecule has 3 unspecified atom stereocenters. The van der Waals surface area contributed by atoms with Gasteiger partial charge < -0.3 is 65.1 Å². The maximum atomic E-state index is 13.3. The van der Waals surface area contributed by atoms with E-state index in [9.17, 15) is 50.4 Å². The zero-order valence-electron chi connectivity index (χ0n) is 21.9. The van der Waals surface area contributed by atoms with Crippen LogP contribution in [0.2, 0.25) is 0 Å². The van der Waals surface area contributed by atoms with E-state index in [4.69, 9.17) is 18.9 Å². The van der Waals surface area contributed by atoms with Crippen LogP contribution in [0.5, 0.6) is 0 Å². The van der Waals surface area contributed by atoms with Crippen LogP contribution in [0.1, 0.15) is 19.4 Å². The van der Waals surface area contributed by atoms with Gasteiger partial charge in [-0.3, -0.25) is 4.79 Å². The number of nitrogens with one attached hydrogen (secondary N) is 1. The highest BCUT2D eigenvalue weighted by atomic mass is 16.8. The first kappa shape index (κ1) is 32.2. The third kappa shape index (κ3) is 6.29. The van der Waals surface area contributed by atoms with Crippen molar-refractivity contribution in [3.63, 3.8) is 0 Å². The topological polar surface area (TPSA) is 245 Å². The minimum absolute atomic E-state index is 0.00335. The monoisotopic (exact) mass is 575 g/mol. The Balaban J connectivity index is 1.99. The first-order valence-electron chi connectivity index (χ1n) is 12.7. The van der Waals surface area contributed by atoms with Crippen molar-refractivity contribution in [2.24, 2.45) is 0 Å². The predicted molar refractivity (Wildman–Crippen MR) is 131 cm³/mol. The van der Waals surface area contributed by atoms with Crippen LogP contribution in [0.15, 0.2) is 30.3 Å². The van der Waals surface area contributed by atoms with Crippen LogP contribution >= 0.6 is 0 Å². The van der Waals surface area contributed by atoms with E-state index in [2.05, 4.69) is 5.32 Å². The van der Waals surface area contributed by atoms with Crippen LogP contribution in [0.25, 0.3) is 0 Å². The standard InChI is InChI=1S/C25H37NO14/c1-12(37-23(36)15(26-13(2)30)8-14-6-4-3-5-7-14)25(22(35)20(33)18(31)16(9-27)39-25)40-24(11-29)21(34)19(32)17(10-28)38-24/h3-7,12,15-22,27-29,31-35H,8-11H2,1-2H3,(H,26,30)/t12?,15?,16-,17-,18-,19-,20+,21+,22-,24?,25+/m1/s1. The average Bonchev–Trinajstić information content (AvgIpc) is 3.18. The summed E-state index contributed by atoms with van der Waals surface area (Å²) in [7, 11) is 0. The second-order valence-corrected chi connectivity index (χ2v) is 9.85. The van der Waals surface area contributed by atoms with E-state index in [1.54, 1.807) is 30.3 Å². The molecule has 2 heterocycles. The van der Waals surface area contributed by atoms with Gasteiger partial charge in [0.1, 0.15) is 55.4 Å². The summed E-state index contributed by atoms with van der Waals surface area (Å²) in [5, 5.41) is 84.9. The van der Waals surface area contributed by atoms with E-state index >= 15 is 0 Å². The summed E-state index contributed by atoms with van der Waals surface area (Å²) in [5.41, 5.74) is 0.662. The molecule has 0 aliphatic carbocycles. The number of aliphatic hydroxyl groups excluding tert-OH is 8. The molecule has 0 aromatic heterocycles. The van der Waals surface area contributed by atoms with Gasteiger partial charge in [0, 0.05) is 13.3 Å². The van der Waals surface area contributed by atoms with Crippen molar-refractivity contribution in [2.75, 3.05) is 19.8 Å². The Morgan fingerprint density at radius 3 is 2.05 bits per heavy atom. The molecule has 15 heteroatoms. The lowest BCUT2D eigenvalue weighted by atomic mass is 9.89. The summed E-state index contributed by atoms with van der Waals surface area (Å²) < 4.78 is 22.4. The van der Waals surface area contributed by atoms with Gasteiger partial charge >= 0.3 is 5.97 Å². The molecule has 0 bridgehead atoms. The van der Waals surface area contributed by atoms with Gasteiger partial charge in [-0.25, -0.2) is 4.79 Å². The Bertz CT molecular complexity index is 997. The van der Waals surface area contributed by atoms with Gasteiger partial charge in [0.25, 0.3) is 0 Å². The summed E-state index contributed by atoms with van der Waals surface area (Å²) in [6, 6.07) is 7.37. The molecule has 40 heavy (non-hydrogen) atoms. The predicted octanol–water partition coefficient (Wildman–Crippen LogP) is -4.35. The molecule has 0 spiro atoms. The zero-order chi connectivity index (χ0) is 29.8. The molecular weight excluding hydrogens is 538 g/mol. The second kappa shape index (κ2) is 13.1. The third-order valence-corrected chi connectivity index (χ3v) is 7.02. The highest BCUT2D eigenvalue weighted by Crippen LogP contribution is 2.43. The van der Waals surface area contributed by atoms with Gasteiger partial charge in [-0.2, -0.15) is 0 Å². The van der Waals surface area contributed by atoms with Crippen LogP contribution in [0, 0.1) is 0 Å². The Morgan fingerprint density at radius 1 is 0.925 bits per heavy atom. The van der Waals surface area contributed by atoms with E-state index in [0.717, 1.165) is 6.92 Å². The molecule has 15 nitrogen and oxygen atoms in total. The van der Waals surface area contributed by atoms with Crippen LogP contribution in [0.4, 0.5) is 0 Å². The van der Waals surface area contributed by atoms with Gasteiger partial charge in [-0.05, 0) is 12.5 Å². The molecule has 3 rings (SSSR count).